The molecule has 0 bridgehead atoms. The van der Waals surface area contributed by atoms with Crippen molar-refractivity contribution in [1.82, 2.24) is 10.2 Å². The van der Waals surface area contributed by atoms with Crippen LogP contribution in [0.2, 0.25) is 0 Å². The second-order valence-electron chi connectivity index (χ2n) is 5.06. The molecule has 2 aliphatic rings. The first-order chi connectivity index (χ1) is 6.16. The van der Waals surface area contributed by atoms with Crippen LogP contribution >= 0.6 is 0 Å². The summed E-state index contributed by atoms with van der Waals surface area (Å²) in [5, 5.41) is 3.48. The Morgan fingerprint density at radius 3 is 2.77 bits per heavy atom. The van der Waals surface area contributed by atoms with Gasteiger partial charge in [0.1, 0.15) is 0 Å². The first-order valence-electron chi connectivity index (χ1n) is 5.19. The summed E-state index contributed by atoms with van der Waals surface area (Å²) in [6.07, 6.45) is 0. The van der Waals surface area contributed by atoms with Crippen LogP contribution in [-0.2, 0) is 4.74 Å². The molecule has 2 aliphatic heterocycles. The molecule has 1 N–H and O–H groups in total. The molecular weight excluding hydrogens is 164 g/mol. The number of likely N-dealkylation sites (tertiary alicyclic amines) is 1. The molecule has 2 fully saturated rings. The fraction of sp³-hybridized carbons (Fsp3) is 1.00. The summed E-state index contributed by atoms with van der Waals surface area (Å²) in [6, 6.07) is 0.560. The standard InChI is InChI=1S/C10H20N2O/c1-10(2)7-12(8-10)5-9-6-13-4-3-11-9/h9,11H,3-8H2,1-2H3. The maximum absolute atomic E-state index is 5.41. The fourth-order valence-corrected chi connectivity index (χ4v) is 2.34. The highest BCUT2D eigenvalue weighted by atomic mass is 16.5. The minimum Gasteiger partial charge on any atom is -0.378 e. The molecule has 0 saturated carbocycles. The van der Waals surface area contributed by atoms with Gasteiger partial charge < -0.3 is 15.0 Å². The Morgan fingerprint density at radius 1 is 1.46 bits per heavy atom. The monoisotopic (exact) mass is 184 g/mol. The third-order valence-corrected chi connectivity index (χ3v) is 2.78. The zero-order valence-electron chi connectivity index (χ0n) is 8.68. The summed E-state index contributed by atoms with van der Waals surface area (Å²) in [6.45, 7) is 11.1. The summed E-state index contributed by atoms with van der Waals surface area (Å²) in [7, 11) is 0. The Labute approximate surface area is 80.4 Å². The minimum atomic E-state index is 0.551. The number of hydrogen-bond donors (Lipinski definition) is 1. The Hall–Kier alpha value is -0.120. The van der Waals surface area contributed by atoms with Crippen molar-refractivity contribution in [3.8, 4) is 0 Å². The Bertz CT molecular complexity index is 168. The van der Waals surface area contributed by atoms with Crippen molar-refractivity contribution in [2.45, 2.75) is 19.9 Å². The van der Waals surface area contributed by atoms with Crippen molar-refractivity contribution in [3.05, 3.63) is 0 Å². The van der Waals surface area contributed by atoms with Crippen LogP contribution in [0.25, 0.3) is 0 Å². The van der Waals surface area contributed by atoms with Crippen LogP contribution in [0.5, 0.6) is 0 Å². The maximum Gasteiger partial charge on any atom is 0.0632 e. The summed E-state index contributed by atoms with van der Waals surface area (Å²) in [5.41, 5.74) is 0.551. The SMILES string of the molecule is CC1(C)CN(CC2COCCN2)C1. The summed E-state index contributed by atoms with van der Waals surface area (Å²) in [5.74, 6) is 0. The summed E-state index contributed by atoms with van der Waals surface area (Å²) in [4.78, 5) is 2.51. The van der Waals surface area contributed by atoms with Gasteiger partial charge in [-0.3, -0.25) is 0 Å². The van der Waals surface area contributed by atoms with Crippen LogP contribution in [0.3, 0.4) is 0 Å². The van der Waals surface area contributed by atoms with E-state index in [4.69, 9.17) is 4.74 Å². The van der Waals surface area contributed by atoms with Crippen LogP contribution in [0.15, 0.2) is 0 Å². The number of ether oxygens (including phenoxy) is 1. The molecule has 0 radical (unpaired) electrons. The molecule has 2 saturated heterocycles. The molecule has 0 aromatic rings. The zero-order valence-corrected chi connectivity index (χ0v) is 8.68. The van der Waals surface area contributed by atoms with Crippen molar-refractivity contribution in [1.29, 1.82) is 0 Å². The van der Waals surface area contributed by atoms with E-state index in [-0.39, 0.29) is 0 Å². The van der Waals surface area contributed by atoms with Gasteiger partial charge in [-0.05, 0) is 5.41 Å². The molecule has 0 aromatic heterocycles. The predicted octanol–water partition coefficient (Wildman–Crippen LogP) is 0.317. The lowest BCUT2D eigenvalue weighted by Crippen LogP contribution is -2.58. The van der Waals surface area contributed by atoms with Crippen LogP contribution in [0.4, 0.5) is 0 Å². The van der Waals surface area contributed by atoms with Crippen molar-refractivity contribution in [3.63, 3.8) is 0 Å². The van der Waals surface area contributed by atoms with Gasteiger partial charge in [0.15, 0.2) is 0 Å². The van der Waals surface area contributed by atoms with E-state index in [0.29, 0.717) is 11.5 Å². The first kappa shape index (κ1) is 9.44. The largest absolute Gasteiger partial charge is 0.378 e. The minimum absolute atomic E-state index is 0.551. The molecule has 2 rings (SSSR count). The quantitative estimate of drug-likeness (QED) is 0.669. The molecule has 3 heteroatoms. The maximum atomic E-state index is 5.41. The molecule has 0 amide bonds. The predicted molar refractivity (Wildman–Crippen MR) is 52.8 cm³/mol. The third-order valence-electron chi connectivity index (χ3n) is 2.78. The van der Waals surface area contributed by atoms with E-state index >= 15 is 0 Å². The van der Waals surface area contributed by atoms with E-state index in [1.54, 1.807) is 0 Å². The van der Waals surface area contributed by atoms with Gasteiger partial charge in [0.05, 0.1) is 13.2 Å². The molecule has 13 heavy (non-hydrogen) atoms. The number of nitrogens with zero attached hydrogens (tertiary/aromatic N) is 1. The lowest BCUT2D eigenvalue weighted by Gasteiger charge is -2.47. The molecule has 0 aromatic carbocycles. The fourth-order valence-electron chi connectivity index (χ4n) is 2.34. The zero-order chi connectivity index (χ0) is 9.31. The van der Waals surface area contributed by atoms with Gasteiger partial charge in [-0.1, -0.05) is 13.8 Å². The number of hydrogen-bond acceptors (Lipinski definition) is 3. The lowest BCUT2D eigenvalue weighted by atomic mass is 9.84. The molecule has 76 valence electrons. The number of nitrogens with one attached hydrogen (secondary N) is 1. The number of morpholine rings is 1. The van der Waals surface area contributed by atoms with Gasteiger partial charge in [0.25, 0.3) is 0 Å². The molecule has 0 aliphatic carbocycles. The molecule has 0 spiro atoms. The molecule has 3 nitrogen and oxygen atoms in total. The Morgan fingerprint density at radius 2 is 2.23 bits per heavy atom. The number of rotatable bonds is 2. The second-order valence-corrected chi connectivity index (χ2v) is 5.06. The molecule has 1 unspecified atom stereocenters. The third kappa shape index (κ3) is 2.42. The van der Waals surface area contributed by atoms with Crippen LogP contribution in [0, 0.1) is 5.41 Å². The highest BCUT2D eigenvalue weighted by Crippen LogP contribution is 2.28. The van der Waals surface area contributed by atoms with Gasteiger partial charge in [-0.2, -0.15) is 0 Å². The normalized spacial score (nSPS) is 34.2. The van der Waals surface area contributed by atoms with E-state index < -0.39 is 0 Å². The Kier molecular flexibility index (Phi) is 2.58. The highest BCUT2D eigenvalue weighted by molar-refractivity contribution is 4.90. The van der Waals surface area contributed by atoms with E-state index in [9.17, 15) is 0 Å². The molecular formula is C10H20N2O. The van der Waals surface area contributed by atoms with E-state index in [1.807, 2.05) is 0 Å². The van der Waals surface area contributed by atoms with Crippen LogP contribution < -0.4 is 5.32 Å². The average Bonchev–Trinajstić information content (AvgIpc) is 2.03. The lowest BCUT2D eigenvalue weighted by molar-refractivity contribution is -0.00135. The summed E-state index contributed by atoms with van der Waals surface area (Å²) >= 11 is 0. The van der Waals surface area contributed by atoms with Crippen molar-refractivity contribution in [2.24, 2.45) is 5.41 Å². The van der Waals surface area contributed by atoms with E-state index in [2.05, 4.69) is 24.1 Å². The van der Waals surface area contributed by atoms with Crippen LogP contribution in [-0.4, -0.2) is 50.3 Å². The summed E-state index contributed by atoms with van der Waals surface area (Å²) < 4.78 is 5.41. The molecule has 2 heterocycles. The van der Waals surface area contributed by atoms with Gasteiger partial charge >= 0.3 is 0 Å². The van der Waals surface area contributed by atoms with Crippen molar-refractivity contribution >= 4 is 0 Å². The smallest absolute Gasteiger partial charge is 0.0632 e. The first-order valence-corrected chi connectivity index (χ1v) is 5.19. The van der Waals surface area contributed by atoms with Gasteiger partial charge in [-0.25, -0.2) is 0 Å². The second kappa shape index (κ2) is 3.56. The van der Waals surface area contributed by atoms with Crippen molar-refractivity contribution < 1.29 is 4.74 Å². The highest BCUT2D eigenvalue weighted by Gasteiger charge is 2.35. The average molecular weight is 184 g/mol. The van der Waals surface area contributed by atoms with Gasteiger partial charge in [-0.15, -0.1) is 0 Å². The van der Waals surface area contributed by atoms with E-state index in [1.165, 1.54) is 13.1 Å². The van der Waals surface area contributed by atoms with E-state index in [0.717, 1.165) is 26.3 Å². The van der Waals surface area contributed by atoms with Gasteiger partial charge in [0.2, 0.25) is 0 Å². The molecule has 1 atom stereocenters. The van der Waals surface area contributed by atoms with Crippen molar-refractivity contribution in [2.75, 3.05) is 39.4 Å². The Balaban J connectivity index is 1.68. The van der Waals surface area contributed by atoms with Gasteiger partial charge in [0, 0.05) is 32.2 Å². The van der Waals surface area contributed by atoms with Crippen LogP contribution in [0.1, 0.15) is 13.8 Å². The topological polar surface area (TPSA) is 24.5 Å².